The number of carbonyl (C=O) groups excluding carboxylic acids is 1. The number of benzene rings is 1. The lowest BCUT2D eigenvalue weighted by atomic mass is 10.2. The molecule has 1 aromatic carbocycles. The van der Waals surface area contributed by atoms with Crippen molar-refractivity contribution in [1.82, 2.24) is 14.8 Å². The maximum atomic E-state index is 12.9. The summed E-state index contributed by atoms with van der Waals surface area (Å²) >= 11 is 1.47. The van der Waals surface area contributed by atoms with Gasteiger partial charge in [-0.3, -0.25) is 4.79 Å². The summed E-state index contributed by atoms with van der Waals surface area (Å²) in [4.78, 5) is 14.7. The third kappa shape index (κ3) is 3.95. The van der Waals surface area contributed by atoms with Crippen LogP contribution in [0.4, 0.5) is 5.69 Å². The van der Waals surface area contributed by atoms with Crippen LogP contribution < -0.4 is 4.90 Å². The Kier molecular flexibility index (Phi) is 5.58. The number of thioether (sulfide) groups is 1. The number of nitrogens with zero attached hydrogens (tertiary/aromatic N) is 4. The molecule has 3 rings (SSSR count). The fourth-order valence-corrected chi connectivity index (χ4v) is 3.76. The van der Waals surface area contributed by atoms with Crippen molar-refractivity contribution in [1.29, 1.82) is 0 Å². The number of aromatic nitrogens is 3. The first-order valence-electron chi connectivity index (χ1n) is 8.72. The van der Waals surface area contributed by atoms with Crippen molar-refractivity contribution in [3.8, 4) is 0 Å². The van der Waals surface area contributed by atoms with E-state index in [0.717, 1.165) is 16.7 Å². The maximum absolute atomic E-state index is 12.9. The number of hydrogen-bond donors (Lipinski definition) is 0. The van der Waals surface area contributed by atoms with Gasteiger partial charge in [-0.2, -0.15) is 0 Å². The smallest absolute Gasteiger partial charge is 0.240 e. The Morgan fingerprint density at radius 1 is 1.40 bits per heavy atom. The van der Waals surface area contributed by atoms with E-state index in [1.165, 1.54) is 24.6 Å². The standard InChI is InChI=1S/C19H24N4OS/c1-4-13-23-17(15-11-12-15)20-21-19(23)25-14(3)18(24)22(5-2)16-9-7-6-8-10-16/h4,6-10,14-15H,1,5,11-13H2,2-3H3. The number of hydrogen-bond acceptors (Lipinski definition) is 4. The number of carbonyl (C=O) groups is 1. The van der Waals surface area contributed by atoms with E-state index in [4.69, 9.17) is 0 Å². The molecule has 1 aliphatic rings. The molecular formula is C19H24N4OS. The lowest BCUT2D eigenvalue weighted by Gasteiger charge is -2.24. The van der Waals surface area contributed by atoms with Gasteiger partial charge in [-0.15, -0.1) is 16.8 Å². The predicted molar refractivity (Wildman–Crippen MR) is 102 cm³/mol. The maximum Gasteiger partial charge on any atom is 0.240 e. The molecule has 0 radical (unpaired) electrons. The van der Waals surface area contributed by atoms with Gasteiger partial charge in [0, 0.05) is 24.7 Å². The number of para-hydroxylation sites is 1. The topological polar surface area (TPSA) is 51.0 Å². The van der Waals surface area contributed by atoms with Crippen LogP contribution in [0, 0.1) is 0 Å². The highest BCUT2D eigenvalue weighted by molar-refractivity contribution is 8.00. The van der Waals surface area contributed by atoms with Crippen LogP contribution >= 0.6 is 11.8 Å². The quantitative estimate of drug-likeness (QED) is 0.532. The minimum Gasteiger partial charge on any atom is -0.312 e. The zero-order valence-electron chi connectivity index (χ0n) is 14.8. The second-order valence-electron chi connectivity index (χ2n) is 6.19. The van der Waals surface area contributed by atoms with Gasteiger partial charge in [-0.1, -0.05) is 36.0 Å². The summed E-state index contributed by atoms with van der Waals surface area (Å²) in [5.74, 6) is 1.63. The normalized spacial score (nSPS) is 15.0. The molecule has 0 saturated heterocycles. The summed E-state index contributed by atoms with van der Waals surface area (Å²) in [6, 6.07) is 9.78. The van der Waals surface area contributed by atoms with Crippen LogP contribution in [0.25, 0.3) is 0 Å². The van der Waals surface area contributed by atoms with E-state index in [9.17, 15) is 4.79 Å². The molecule has 25 heavy (non-hydrogen) atoms. The van der Waals surface area contributed by atoms with E-state index in [2.05, 4.69) is 21.3 Å². The lowest BCUT2D eigenvalue weighted by molar-refractivity contribution is -0.117. The number of anilines is 1. The molecule has 1 heterocycles. The van der Waals surface area contributed by atoms with Gasteiger partial charge in [-0.25, -0.2) is 0 Å². The first kappa shape index (κ1) is 17.7. The minimum absolute atomic E-state index is 0.0832. The fourth-order valence-electron chi connectivity index (χ4n) is 2.83. The summed E-state index contributed by atoms with van der Waals surface area (Å²) in [6.45, 7) is 9.08. The largest absolute Gasteiger partial charge is 0.312 e. The monoisotopic (exact) mass is 356 g/mol. The Bertz CT molecular complexity index is 739. The van der Waals surface area contributed by atoms with Crippen LogP contribution in [0.2, 0.25) is 0 Å². The fraction of sp³-hybridized carbons (Fsp3) is 0.421. The van der Waals surface area contributed by atoms with Crippen molar-refractivity contribution in [2.24, 2.45) is 0 Å². The zero-order chi connectivity index (χ0) is 17.8. The van der Waals surface area contributed by atoms with Crippen molar-refractivity contribution in [3.05, 3.63) is 48.8 Å². The third-order valence-electron chi connectivity index (χ3n) is 4.28. The van der Waals surface area contributed by atoms with Crippen molar-refractivity contribution in [3.63, 3.8) is 0 Å². The van der Waals surface area contributed by atoms with Crippen LogP contribution in [0.15, 0.2) is 48.1 Å². The van der Waals surface area contributed by atoms with E-state index < -0.39 is 0 Å². The van der Waals surface area contributed by atoms with E-state index >= 15 is 0 Å². The third-order valence-corrected chi connectivity index (χ3v) is 5.35. The summed E-state index contributed by atoms with van der Waals surface area (Å²) in [5.41, 5.74) is 0.925. The van der Waals surface area contributed by atoms with Gasteiger partial charge in [0.25, 0.3) is 0 Å². The summed E-state index contributed by atoms with van der Waals surface area (Å²) in [6.07, 6.45) is 4.20. The molecular weight excluding hydrogens is 332 g/mol. The molecule has 1 unspecified atom stereocenters. The highest BCUT2D eigenvalue weighted by Gasteiger charge is 2.31. The molecule has 1 aliphatic carbocycles. The molecule has 0 aliphatic heterocycles. The Morgan fingerprint density at radius 2 is 2.12 bits per heavy atom. The van der Waals surface area contributed by atoms with Crippen LogP contribution in [-0.4, -0.2) is 32.5 Å². The molecule has 2 aromatic rings. The lowest BCUT2D eigenvalue weighted by Crippen LogP contribution is -2.36. The zero-order valence-corrected chi connectivity index (χ0v) is 15.6. The number of rotatable bonds is 8. The average molecular weight is 356 g/mol. The van der Waals surface area contributed by atoms with Crippen molar-refractivity contribution in [2.75, 3.05) is 11.4 Å². The van der Waals surface area contributed by atoms with Gasteiger partial charge in [0.15, 0.2) is 5.16 Å². The molecule has 1 saturated carbocycles. The summed E-state index contributed by atoms with van der Waals surface area (Å²) < 4.78 is 2.10. The van der Waals surface area contributed by atoms with Gasteiger partial charge in [0.1, 0.15) is 5.82 Å². The molecule has 0 spiro atoms. The second kappa shape index (κ2) is 7.87. The van der Waals surface area contributed by atoms with Gasteiger partial charge in [0.2, 0.25) is 5.91 Å². The Hall–Kier alpha value is -2.08. The Balaban J connectivity index is 1.76. The van der Waals surface area contributed by atoms with Crippen LogP contribution in [0.5, 0.6) is 0 Å². The second-order valence-corrected chi connectivity index (χ2v) is 7.50. The first-order chi connectivity index (χ1) is 12.2. The van der Waals surface area contributed by atoms with Gasteiger partial charge < -0.3 is 9.47 Å². The van der Waals surface area contributed by atoms with Crippen molar-refractivity contribution in [2.45, 2.75) is 49.6 Å². The molecule has 1 amide bonds. The van der Waals surface area contributed by atoms with Crippen LogP contribution in [0.3, 0.4) is 0 Å². The van der Waals surface area contributed by atoms with Crippen LogP contribution in [-0.2, 0) is 11.3 Å². The predicted octanol–water partition coefficient (Wildman–Crippen LogP) is 3.88. The van der Waals surface area contributed by atoms with Gasteiger partial charge in [-0.05, 0) is 38.8 Å². The van der Waals surface area contributed by atoms with Gasteiger partial charge >= 0.3 is 0 Å². The summed E-state index contributed by atoms with van der Waals surface area (Å²) in [5, 5.41) is 9.25. The number of amides is 1. The molecule has 6 heteroatoms. The molecule has 0 N–H and O–H groups in total. The van der Waals surface area contributed by atoms with Gasteiger partial charge in [0.05, 0.1) is 5.25 Å². The Labute approximate surface area is 153 Å². The van der Waals surface area contributed by atoms with Crippen LogP contribution in [0.1, 0.15) is 38.4 Å². The highest BCUT2D eigenvalue weighted by atomic mass is 32.2. The SMILES string of the molecule is C=CCn1c(SC(C)C(=O)N(CC)c2ccccc2)nnc1C1CC1. The first-order valence-corrected chi connectivity index (χ1v) is 9.60. The molecule has 0 bridgehead atoms. The molecule has 1 aromatic heterocycles. The van der Waals surface area contributed by atoms with E-state index in [1.807, 2.05) is 55.2 Å². The molecule has 132 valence electrons. The van der Waals surface area contributed by atoms with Crippen molar-refractivity contribution >= 4 is 23.4 Å². The van der Waals surface area contributed by atoms with E-state index in [1.54, 1.807) is 0 Å². The average Bonchev–Trinajstić information content (AvgIpc) is 3.40. The summed E-state index contributed by atoms with van der Waals surface area (Å²) in [7, 11) is 0. The van der Waals surface area contributed by atoms with E-state index in [0.29, 0.717) is 19.0 Å². The van der Waals surface area contributed by atoms with Crippen molar-refractivity contribution < 1.29 is 4.79 Å². The molecule has 1 fully saturated rings. The molecule has 5 nitrogen and oxygen atoms in total. The minimum atomic E-state index is -0.236. The van der Waals surface area contributed by atoms with E-state index in [-0.39, 0.29) is 11.2 Å². The number of allylic oxidation sites excluding steroid dienone is 1. The molecule has 1 atom stereocenters. The Morgan fingerprint density at radius 3 is 2.72 bits per heavy atom. The highest BCUT2D eigenvalue weighted by Crippen LogP contribution is 2.40.